The Kier molecular flexibility index (Phi) is 9.26. The van der Waals surface area contributed by atoms with Crippen LogP contribution in [0.3, 0.4) is 0 Å². The lowest BCUT2D eigenvalue weighted by atomic mass is 10.0. The molecule has 0 aromatic heterocycles. The number of azo groups is 1. The maximum atomic E-state index is 12.9. The number of phenols is 1. The monoisotopic (exact) mass is 665 g/mol. The van der Waals surface area contributed by atoms with Gasteiger partial charge in [0.1, 0.15) is 27.8 Å². The topological polar surface area (TPSA) is 147 Å². The maximum absolute atomic E-state index is 12.9. The normalized spacial score (nSPS) is 11.6. The molecule has 0 unspecified atom stereocenters. The molecule has 10 nitrogen and oxygen atoms in total. The van der Waals surface area contributed by atoms with Crippen LogP contribution >= 0.6 is 23.2 Å². The summed E-state index contributed by atoms with van der Waals surface area (Å²) in [4.78, 5) is 12.4. The molecule has 0 heterocycles. The van der Waals surface area contributed by atoms with E-state index in [1.165, 1.54) is 24.3 Å². The van der Waals surface area contributed by atoms with E-state index < -0.39 is 33.3 Å². The number of hydrogen-bond acceptors (Lipinski definition) is 8. The molecule has 0 bridgehead atoms. The molecule has 0 fully saturated rings. The van der Waals surface area contributed by atoms with Crippen LogP contribution in [0.4, 0.5) is 17.1 Å². The van der Waals surface area contributed by atoms with Gasteiger partial charge in [0.05, 0.1) is 16.1 Å². The average Bonchev–Trinajstić information content (AvgIpc) is 2.97. The molecule has 230 valence electrons. The van der Waals surface area contributed by atoms with Gasteiger partial charge in [0.25, 0.3) is 16.0 Å². The predicted molar refractivity (Wildman–Crippen MR) is 173 cm³/mol. The number of carbonyl (C=O) groups excluding carboxylic acids is 1. The zero-order valence-electron chi connectivity index (χ0n) is 23.8. The predicted octanol–water partition coefficient (Wildman–Crippen LogP) is 8.94. The summed E-state index contributed by atoms with van der Waals surface area (Å²) in [6.45, 7) is 3.03. The van der Waals surface area contributed by atoms with E-state index >= 15 is 0 Å². The van der Waals surface area contributed by atoms with Crippen molar-refractivity contribution in [1.82, 2.24) is 0 Å². The second-order valence-electron chi connectivity index (χ2n) is 9.85. The van der Waals surface area contributed by atoms with Crippen molar-refractivity contribution in [1.29, 1.82) is 0 Å². The Morgan fingerprint density at radius 3 is 2.29 bits per heavy atom. The Bertz CT molecular complexity index is 2090. The second-order valence-corrected chi connectivity index (χ2v) is 12.1. The Hall–Kier alpha value is -4.68. The fourth-order valence-corrected chi connectivity index (χ4v) is 5.63. The third-order valence-electron chi connectivity index (χ3n) is 6.64. The Morgan fingerprint density at radius 2 is 1.58 bits per heavy atom. The fraction of sp³-hybridized carbons (Fsp3) is 0.0938. The van der Waals surface area contributed by atoms with E-state index in [1.54, 1.807) is 37.3 Å². The molecule has 0 saturated carbocycles. The van der Waals surface area contributed by atoms with Crippen molar-refractivity contribution >= 4 is 67.1 Å². The number of amides is 1. The SMILES string of the molecule is Cc1ccccc1Oc1ccccc1N=Nc1c(C)cc2c(S(=O)(=O)O)ccc(NC(=O)COc3ccc(Cl)cc3Cl)c2c1O. The van der Waals surface area contributed by atoms with Crippen LogP contribution in [0.15, 0.2) is 100 Å². The Balaban J connectivity index is 1.52. The zero-order chi connectivity index (χ0) is 32.3. The molecule has 0 saturated heterocycles. The number of fused-ring (bicyclic) bond motifs is 1. The van der Waals surface area contributed by atoms with Crippen LogP contribution in [-0.2, 0) is 14.9 Å². The fourth-order valence-electron chi connectivity index (χ4n) is 4.49. The number of rotatable bonds is 9. The summed E-state index contributed by atoms with van der Waals surface area (Å²) < 4.78 is 45.9. The maximum Gasteiger partial charge on any atom is 0.295 e. The number of benzene rings is 5. The minimum absolute atomic E-state index is 0.000350. The van der Waals surface area contributed by atoms with Gasteiger partial charge >= 0.3 is 0 Å². The molecule has 0 aliphatic rings. The van der Waals surface area contributed by atoms with Gasteiger partial charge < -0.3 is 19.9 Å². The summed E-state index contributed by atoms with van der Waals surface area (Å²) in [6, 6.07) is 22.7. The summed E-state index contributed by atoms with van der Waals surface area (Å²) >= 11 is 12.0. The van der Waals surface area contributed by atoms with Gasteiger partial charge in [-0.3, -0.25) is 9.35 Å². The van der Waals surface area contributed by atoms with E-state index in [1.807, 2.05) is 31.2 Å². The van der Waals surface area contributed by atoms with Crippen LogP contribution in [0.25, 0.3) is 10.8 Å². The molecule has 5 rings (SSSR count). The molecule has 1 amide bonds. The Morgan fingerprint density at radius 1 is 0.867 bits per heavy atom. The highest BCUT2D eigenvalue weighted by Crippen LogP contribution is 2.45. The van der Waals surface area contributed by atoms with Gasteiger partial charge in [-0.15, -0.1) is 10.2 Å². The summed E-state index contributed by atoms with van der Waals surface area (Å²) in [5.41, 5.74) is 1.65. The number of para-hydroxylation sites is 2. The van der Waals surface area contributed by atoms with Gasteiger partial charge in [-0.25, -0.2) is 0 Å². The third-order valence-corrected chi connectivity index (χ3v) is 8.08. The molecule has 13 heteroatoms. The summed E-state index contributed by atoms with van der Waals surface area (Å²) in [7, 11) is -4.71. The van der Waals surface area contributed by atoms with E-state index in [-0.39, 0.29) is 32.9 Å². The summed E-state index contributed by atoms with van der Waals surface area (Å²) in [5.74, 6) is 0.137. The first-order valence-electron chi connectivity index (χ1n) is 13.3. The van der Waals surface area contributed by atoms with Crippen LogP contribution in [-0.4, -0.2) is 30.6 Å². The van der Waals surface area contributed by atoms with Crippen molar-refractivity contribution in [2.24, 2.45) is 10.2 Å². The van der Waals surface area contributed by atoms with Gasteiger partial charge in [0.2, 0.25) is 0 Å². The first kappa shape index (κ1) is 31.7. The van der Waals surface area contributed by atoms with E-state index in [2.05, 4.69) is 15.5 Å². The lowest BCUT2D eigenvalue weighted by molar-refractivity contribution is -0.118. The number of anilines is 1. The van der Waals surface area contributed by atoms with Crippen LogP contribution in [0.1, 0.15) is 11.1 Å². The van der Waals surface area contributed by atoms with E-state index in [9.17, 15) is 22.9 Å². The van der Waals surface area contributed by atoms with Crippen LogP contribution in [0.2, 0.25) is 10.0 Å². The molecule has 3 N–H and O–H groups in total. The molecule has 5 aromatic rings. The van der Waals surface area contributed by atoms with Gasteiger partial charge in [0, 0.05) is 10.4 Å². The molecular formula is C32H25Cl2N3O7S. The van der Waals surface area contributed by atoms with Gasteiger partial charge in [-0.1, -0.05) is 53.5 Å². The number of aryl methyl sites for hydroxylation is 2. The first-order chi connectivity index (χ1) is 21.4. The van der Waals surface area contributed by atoms with E-state index in [0.29, 0.717) is 27.8 Å². The van der Waals surface area contributed by atoms with Gasteiger partial charge in [0.15, 0.2) is 18.1 Å². The van der Waals surface area contributed by atoms with Gasteiger partial charge in [-0.05, 0) is 79.6 Å². The number of carbonyl (C=O) groups is 1. The molecule has 45 heavy (non-hydrogen) atoms. The number of halogens is 2. The van der Waals surface area contributed by atoms with Crippen LogP contribution in [0, 0.1) is 13.8 Å². The highest BCUT2D eigenvalue weighted by Gasteiger charge is 2.23. The standard InChI is InChI=1S/C32H25Cl2N3O7S/c1-18-7-3-5-9-25(18)44-27-10-6-4-8-23(27)36-37-31-19(2)15-21-28(45(40,41)42)14-12-24(30(21)32(31)39)35-29(38)17-43-26-13-11-20(33)16-22(26)34/h3-16,39H,17H2,1-2H3,(H,35,38)(H,40,41,42). The number of ether oxygens (including phenoxy) is 2. The zero-order valence-corrected chi connectivity index (χ0v) is 26.1. The van der Waals surface area contributed by atoms with E-state index in [0.717, 1.165) is 11.6 Å². The van der Waals surface area contributed by atoms with Gasteiger partial charge in [-0.2, -0.15) is 8.42 Å². The minimum atomic E-state index is -4.71. The second kappa shape index (κ2) is 13.1. The quantitative estimate of drug-likeness (QED) is 0.105. The highest BCUT2D eigenvalue weighted by atomic mass is 35.5. The molecular weight excluding hydrogens is 641 g/mol. The molecule has 0 aliphatic heterocycles. The Labute approximate surface area is 268 Å². The van der Waals surface area contributed by atoms with Crippen molar-refractivity contribution in [3.8, 4) is 23.0 Å². The van der Waals surface area contributed by atoms with Crippen molar-refractivity contribution in [2.45, 2.75) is 18.7 Å². The number of nitrogens with one attached hydrogen (secondary N) is 1. The lowest BCUT2D eigenvalue weighted by Gasteiger charge is -2.15. The smallest absolute Gasteiger partial charge is 0.295 e. The third kappa shape index (κ3) is 7.18. The van der Waals surface area contributed by atoms with Crippen LogP contribution in [0.5, 0.6) is 23.0 Å². The van der Waals surface area contributed by atoms with E-state index in [4.69, 9.17) is 32.7 Å². The number of phenolic OH excluding ortho intramolecular Hbond substituents is 1. The largest absolute Gasteiger partial charge is 0.505 e. The molecule has 0 aliphatic carbocycles. The lowest BCUT2D eigenvalue weighted by Crippen LogP contribution is -2.20. The minimum Gasteiger partial charge on any atom is -0.505 e. The van der Waals surface area contributed by atoms with Crippen molar-refractivity contribution < 1.29 is 32.3 Å². The van der Waals surface area contributed by atoms with Crippen LogP contribution < -0.4 is 14.8 Å². The first-order valence-corrected chi connectivity index (χ1v) is 15.5. The number of nitrogens with zero attached hydrogens (tertiary/aromatic N) is 2. The molecule has 0 radical (unpaired) electrons. The average molecular weight is 667 g/mol. The summed E-state index contributed by atoms with van der Waals surface area (Å²) in [5, 5.41) is 23.1. The molecule has 0 spiro atoms. The van der Waals surface area contributed by atoms with Crippen molar-refractivity contribution in [2.75, 3.05) is 11.9 Å². The summed E-state index contributed by atoms with van der Waals surface area (Å²) in [6.07, 6.45) is 0. The number of aromatic hydroxyl groups is 1. The molecule has 5 aromatic carbocycles. The van der Waals surface area contributed by atoms with Crippen molar-refractivity contribution in [3.05, 3.63) is 106 Å². The van der Waals surface area contributed by atoms with Crippen molar-refractivity contribution in [3.63, 3.8) is 0 Å². The molecule has 0 atom stereocenters. The number of hydrogen-bond donors (Lipinski definition) is 3. The highest BCUT2D eigenvalue weighted by molar-refractivity contribution is 7.86.